The molecule has 2 aliphatic rings. The SMILES string of the molecule is OC[C@H]1OC(OC[C@H]2OC(O)[C@H](O)[C@H](O)[C@H]2O)[C@H](O)[C@H](O)[C@H]1O. The Morgan fingerprint density at radius 3 is 1.83 bits per heavy atom. The molecule has 0 aromatic carbocycles. The van der Waals surface area contributed by atoms with Crippen molar-refractivity contribution in [2.75, 3.05) is 13.2 Å². The van der Waals surface area contributed by atoms with E-state index >= 15 is 0 Å². The van der Waals surface area contributed by atoms with Gasteiger partial charge in [-0.1, -0.05) is 0 Å². The summed E-state index contributed by atoms with van der Waals surface area (Å²) in [5.74, 6) is 0. The molecule has 0 saturated carbocycles. The fraction of sp³-hybridized carbons (Fsp3) is 1.00. The minimum Gasteiger partial charge on any atom is -0.394 e. The Morgan fingerprint density at radius 1 is 0.652 bits per heavy atom. The first kappa shape index (κ1) is 18.9. The molecule has 0 aromatic rings. The summed E-state index contributed by atoms with van der Waals surface area (Å²) >= 11 is 0. The van der Waals surface area contributed by atoms with Crippen LogP contribution in [0.1, 0.15) is 0 Å². The number of aliphatic hydroxyl groups is 8. The van der Waals surface area contributed by atoms with Crippen molar-refractivity contribution in [1.29, 1.82) is 0 Å². The number of rotatable bonds is 4. The third kappa shape index (κ3) is 3.81. The summed E-state index contributed by atoms with van der Waals surface area (Å²) < 4.78 is 15.1. The molecule has 0 amide bonds. The number of hydrogen-bond donors (Lipinski definition) is 8. The molecule has 136 valence electrons. The lowest BCUT2D eigenvalue weighted by molar-refractivity contribution is -0.325. The molecule has 0 aromatic heterocycles. The highest BCUT2D eigenvalue weighted by Crippen LogP contribution is 2.24. The molecule has 2 fully saturated rings. The van der Waals surface area contributed by atoms with Gasteiger partial charge in [-0.15, -0.1) is 0 Å². The predicted molar refractivity (Wildman–Crippen MR) is 68.6 cm³/mol. The van der Waals surface area contributed by atoms with Gasteiger partial charge in [0.05, 0.1) is 13.2 Å². The van der Waals surface area contributed by atoms with E-state index in [0.29, 0.717) is 0 Å². The molecular formula is C12H22O11. The third-order valence-corrected chi connectivity index (χ3v) is 3.96. The van der Waals surface area contributed by atoms with Crippen LogP contribution in [0, 0.1) is 0 Å². The molecule has 2 heterocycles. The monoisotopic (exact) mass is 342 g/mol. The van der Waals surface area contributed by atoms with Gasteiger partial charge in [-0.05, 0) is 0 Å². The van der Waals surface area contributed by atoms with Crippen molar-refractivity contribution in [2.45, 2.75) is 61.4 Å². The van der Waals surface area contributed by atoms with Gasteiger partial charge in [0.1, 0.15) is 48.8 Å². The van der Waals surface area contributed by atoms with E-state index in [1.54, 1.807) is 0 Å². The molecule has 0 radical (unpaired) electrons. The average Bonchev–Trinajstić information content (AvgIpc) is 2.54. The van der Waals surface area contributed by atoms with Crippen LogP contribution in [-0.2, 0) is 14.2 Å². The summed E-state index contributed by atoms with van der Waals surface area (Å²) in [7, 11) is 0. The summed E-state index contributed by atoms with van der Waals surface area (Å²) in [6.45, 7) is -1.10. The van der Waals surface area contributed by atoms with E-state index in [0.717, 1.165) is 0 Å². The van der Waals surface area contributed by atoms with E-state index in [1.807, 2.05) is 0 Å². The van der Waals surface area contributed by atoms with E-state index in [4.69, 9.17) is 19.3 Å². The molecule has 0 spiro atoms. The van der Waals surface area contributed by atoms with Crippen molar-refractivity contribution in [2.24, 2.45) is 0 Å². The van der Waals surface area contributed by atoms with Crippen LogP contribution in [0.5, 0.6) is 0 Å². The van der Waals surface area contributed by atoms with Crippen LogP contribution in [0.25, 0.3) is 0 Å². The van der Waals surface area contributed by atoms with Crippen LogP contribution in [0.2, 0.25) is 0 Å². The van der Waals surface area contributed by atoms with Gasteiger partial charge in [0.15, 0.2) is 12.6 Å². The highest BCUT2D eigenvalue weighted by atomic mass is 16.7. The van der Waals surface area contributed by atoms with Crippen LogP contribution in [0.4, 0.5) is 0 Å². The normalized spacial score (nSPS) is 51.7. The van der Waals surface area contributed by atoms with Gasteiger partial charge in [-0.3, -0.25) is 0 Å². The molecule has 2 rings (SSSR count). The first-order chi connectivity index (χ1) is 10.8. The zero-order valence-electron chi connectivity index (χ0n) is 12.0. The van der Waals surface area contributed by atoms with E-state index in [2.05, 4.69) is 0 Å². The second kappa shape index (κ2) is 7.63. The molecule has 11 heteroatoms. The highest BCUT2D eigenvalue weighted by molar-refractivity contribution is 4.91. The lowest BCUT2D eigenvalue weighted by atomic mass is 9.98. The molecule has 8 N–H and O–H groups in total. The first-order valence-electron chi connectivity index (χ1n) is 7.07. The average molecular weight is 342 g/mol. The zero-order chi connectivity index (χ0) is 17.3. The minimum atomic E-state index is -1.74. The summed E-state index contributed by atoms with van der Waals surface area (Å²) in [5.41, 5.74) is 0. The minimum absolute atomic E-state index is 0.468. The van der Waals surface area contributed by atoms with E-state index < -0.39 is 74.6 Å². The smallest absolute Gasteiger partial charge is 0.186 e. The van der Waals surface area contributed by atoms with Crippen LogP contribution in [0.15, 0.2) is 0 Å². The van der Waals surface area contributed by atoms with Crippen molar-refractivity contribution in [1.82, 2.24) is 0 Å². The van der Waals surface area contributed by atoms with E-state index in [-0.39, 0.29) is 0 Å². The van der Waals surface area contributed by atoms with Crippen molar-refractivity contribution in [3.8, 4) is 0 Å². The summed E-state index contributed by atoms with van der Waals surface area (Å²) in [4.78, 5) is 0. The molecule has 23 heavy (non-hydrogen) atoms. The Kier molecular flexibility index (Phi) is 6.27. The maximum absolute atomic E-state index is 9.78. The summed E-state index contributed by atoms with van der Waals surface area (Å²) in [6, 6.07) is 0. The van der Waals surface area contributed by atoms with Crippen LogP contribution < -0.4 is 0 Å². The van der Waals surface area contributed by atoms with Crippen LogP contribution in [0.3, 0.4) is 0 Å². The van der Waals surface area contributed by atoms with E-state index in [1.165, 1.54) is 0 Å². The Morgan fingerprint density at radius 2 is 1.22 bits per heavy atom. The zero-order valence-corrected chi connectivity index (χ0v) is 12.0. The van der Waals surface area contributed by atoms with Gasteiger partial charge in [0.2, 0.25) is 0 Å². The molecule has 2 aliphatic heterocycles. The molecule has 11 nitrogen and oxygen atoms in total. The summed E-state index contributed by atoms with van der Waals surface area (Å²) in [6.07, 6.45) is -15.3. The largest absolute Gasteiger partial charge is 0.394 e. The van der Waals surface area contributed by atoms with Gasteiger partial charge in [0.25, 0.3) is 0 Å². The lowest BCUT2D eigenvalue weighted by Gasteiger charge is -2.41. The van der Waals surface area contributed by atoms with Crippen molar-refractivity contribution in [3.05, 3.63) is 0 Å². The van der Waals surface area contributed by atoms with E-state index in [9.17, 15) is 35.7 Å². The van der Waals surface area contributed by atoms with Crippen molar-refractivity contribution in [3.63, 3.8) is 0 Å². The second-order valence-electron chi connectivity index (χ2n) is 5.57. The van der Waals surface area contributed by atoms with Crippen molar-refractivity contribution >= 4 is 0 Å². The molecule has 2 saturated heterocycles. The maximum atomic E-state index is 9.78. The quantitative estimate of drug-likeness (QED) is 0.243. The van der Waals surface area contributed by atoms with Crippen LogP contribution >= 0.6 is 0 Å². The Labute approximate surface area is 130 Å². The second-order valence-corrected chi connectivity index (χ2v) is 5.57. The Bertz CT molecular complexity index is 380. The molecule has 10 atom stereocenters. The lowest BCUT2D eigenvalue weighted by Crippen LogP contribution is -2.61. The molecule has 0 aliphatic carbocycles. The number of hydrogen-bond acceptors (Lipinski definition) is 11. The fourth-order valence-corrected chi connectivity index (χ4v) is 2.46. The topological polar surface area (TPSA) is 190 Å². The number of aliphatic hydroxyl groups excluding tert-OH is 8. The Balaban J connectivity index is 1.94. The molecule has 0 bridgehead atoms. The maximum Gasteiger partial charge on any atom is 0.186 e. The van der Waals surface area contributed by atoms with Gasteiger partial charge < -0.3 is 55.1 Å². The number of ether oxygens (including phenoxy) is 3. The predicted octanol–water partition coefficient (Wildman–Crippen LogP) is -5.40. The molecular weight excluding hydrogens is 320 g/mol. The van der Waals surface area contributed by atoms with Gasteiger partial charge >= 0.3 is 0 Å². The fourth-order valence-electron chi connectivity index (χ4n) is 2.46. The molecule has 2 unspecified atom stereocenters. The van der Waals surface area contributed by atoms with Crippen molar-refractivity contribution < 1.29 is 55.1 Å². The third-order valence-electron chi connectivity index (χ3n) is 3.96. The summed E-state index contributed by atoms with van der Waals surface area (Å²) in [5, 5.41) is 76.1. The van der Waals surface area contributed by atoms with Gasteiger partial charge in [-0.2, -0.15) is 0 Å². The highest BCUT2D eigenvalue weighted by Gasteiger charge is 2.46. The van der Waals surface area contributed by atoms with Gasteiger partial charge in [0, 0.05) is 0 Å². The van der Waals surface area contributed by atoms with Gasteiger partial charge in [-0.25, -0.2) is 0 Å². The Hall–Kier alpha value is -0.440. The standard InChI is InChI=1S/C12H22O11/c13-1-3-5(14)8(17)10(19)12(23-3)21-2-4-6(15)7(16)9(18)11(20)22-4/h3-20H,1-2H2/t3-,4-,5+,6+,7-,8-,9-,10-,11?,12?/m1/s1. The first-order valence-corrected chi connectivity index (χ1v) is 7.07. The van der Waals surface area contributed by atoms with Crippen LogP contribution in [-0.4, -0.2) is 115 Å².